The van der Waals surface area contributed by atoms with E-state index in [-0.39, 0.29) is 0 Å². The molecule has 0 aliphatic heterocycles. The van der Waals surface area contributed by atoms with Crippen molar-refractivity contribution in [2.45, 2.75) is 25.9 Å². The van der Waals surface area contributed by atoms with E-state index >= 15 is 0 Å². The van der Waals surface area contributed by atoms with Crippen molar-refractivity contribution in [3.8, 4) is 0 Å². The predicted octanol–water partition coefficient (Wildman–Crippen LogP) is 1.58. The van der Waals surface area contributed by atoms with Crippen molar-refractivity contribution in [1.29, 1.82) is 0 Å². The third-order valence-corrected chi connectivity index (χ3v) is 1.62. The topological polar surface area (TPSA) is 63.6 Å². The lowest BCUT2D eigenvalue weighted by atomic mass is 10.1. The van der Waals surface area contributed by atoms with E-state index in [0.29, 0.717) is 12.3 Å². The fraction of sp³-hybridized carbons (Fsp3) is 0.556. The van der Waals surface area contributed by atoms with E-state index in [1.165, 1.54) is 0 Å². The molecule has 0 saturated carbocycles. The van der Waals surface area contributed by atoms with Gasteiger partial charge in [-0.3, -0.25) is 0 Å². The third kappa shape index (κ3) is 6.48. The molecule has 14 heavy (non-hydrogen) atoms. The minimum Gasteiger partial charge on any atom is -0.478 e. The Labute approximate surface area is 87.5 Å². The zero-order valence-electron chi connectivity index (χ0n) is 8.12. The number of aliphatic carboxylic acids is 1. The van der Waals surface area contributed by atoms with Gasteiger partial charge in [0.1, 0.15) is 5.60 Å². The number of esters is 1. The summed E-state index contributed by atoms with van der Waals surface area (Å²) in [6.45, 7) is 3.42. The summed E-state index contributed by atoms with van der Waals surface area (Å²) in [6, 6.07) is 0. The van der Waals surface area contributed by atoms with Crippen molar-refractivity contribution in [1.82, 2.24) is 0 Å². The highest BCUT2D eigenvalue weighted by Gasteiger charge is 2.20. The number of rotatable bonds is 5. The zero-order valence-corrected chi connectivity index (χ0v) is 8.87. The molecule has 0 unspecified atom stereocenters. The molecule has 0 bridgehead atoms. The van der Waals surface area contributed by atoms with Gasteiger partial charge in [-0.15, -0.1) is 11.6 Å². The van der Waals surface area contributed by atoms with E-state index in [1.807, 2.05) is 0 Å². The van der Waals surface area contributed by atoms with Crippen LogP contribution in [0.1, 0.15) is 20.3 Å². The average molecular weight is 221 g/mol. The van der Waals surface area contributed by atoms with Gasteiger partial charge in [-0.1, -0.05) is 0 Å². The molecule has 4 nitrogen and oxygen atoms in total. The van der Waals surface area contributed by atoms with E-state index in [9.17, 15) is 9.59 Å². The van der Waals surface area contributed by atoms with Gasteiger partial charge in [0.25, 0.3) is 0 Å². The van der Waals surface area contributed by atoms with Gasteiger partial charge in [0.05, 0.1) is 0 Å². The molecule has 0 amide bonds. The number of carbonyl (C=O) groups excluding carboxylic acids is 1. The smallest absolute Gasteiger partial charge is 0.331 e. The van der Waals surface area contributed by atoms with E-state index in [2.05, 4.69) is 0 Å². The van der Waals surface area contributed by atoms with Gasteiger partial charge in [0, 0.05) is 24.5 Å². The van der Waals surface area contributed by atoms with Crippen molar-refractivity contribution >= 4 is 23.5 Å². The highest BCUT2D eigenvalue weighted by atomic mass is 35.5. The van der Waals surface area contributed by atoms with E-state index < -0.39 is 17.5 Å². The van der Waals surface area contributed by atoms with Gasteiger partial charge >= 0.3 is 11.9 Å². The van der Waals surface area contributed by atoms with Crippen LogP contribution in [-0.4, -0.2) is 28.5 Å². The van der Waals surface area contributed by atoms with Crippen LogP contribution in [0.3, 0.4) is 0 Å². The zero-order chi connectivity index (χ0) is 11.2. The van der Waals surface area contributed by atoms with Crippen LogP contribution in [0.15, 0.2) is 12.2 Å². The first kappa shape index (κ1) is 13.0. The molecule has 0 aliphatic rings. The van der Waals surface area contributed by atoms with Crippen LogP contribution in [0, 0.1) is 0 Å². The molecular formula is C9H13ClO4. The van der Waals surface area contributed by atoms with Crippen LogP contribution in [-0.2, 0) is 14.3 Å². The lowest BCUT2D eigenvalue weighted by Gasteiger charge is -2.22. The SMILES string of the molecule is CC(C)(CCCl)OC(=O)/C=C/C(=O)O. The minimum atomic E-state index is -1.18. The number of hydrogen-bond donors (Lipinski definition) is 1. The second-order valence-corrected chi connectivity index (χ2v) is 3.67. The van der Waals surface area contributed by atoms with Gasteiger partial charge < -0.3 is 9.84 Å². The first-order chi connectivity index (χ1) is 6.37. The summed E-state index contributed by atoms with van der Waals surface area (Å²) < 4.78 is 4.96. The maximum atomic E-state index is 11.0. The van der Waals surface area contributed by atoms with Crippen molar-refractivity contribution in [2.24, 2.45) is 0 Å². The van der Waals surface area contributed by atoms with Crippen molar-refractivity contribution in [3.05, 3.63) is 12.2 Å². The second kappa shape index (κ2) is 5.65. The van der Waals surface area contributed by atoms with Crippen LogP contribution in [0.5, 0.6) is 0 Å². The number of carbonyl (C=O) groups is 2. The molecular weight excluding hydrogens is 208 g/mol. The van der Waals surface area contributed by atoms with Crippen molar-refractivity contribution < 1.29 is 19.4 Å². The molecule has 0 aromatic rings. The molecule has 0 spiro atoms. The molecule has 1 N–H and O–H groups in total. The lowest BCUT2D eigenvalue weighted by Crippen LogP contribution is -2.27. The first-order valence-electron chi connectivity index (χ1n) is 4.07. The Bertz CT molecular complexity index is 245. The van der Waals surface area contributed by atoms with Crippen molar-refractivity contribution in [3.63, 3.8) is 0 Å². The monoisotopic (exact) mass is 220 g/mol. The van der Waals surface area contributed by atoms with Crippen LogP contribution in [0.2, 0.25) is 0 Å². The lowest BCUT2D eigenvalue weighted by molar-refractivity contribution is -0.150. The number of hydrogen-bond acceptors (Lipinski definition) is 3. The fourth-order valence-electron chi connectivity index (χ4n) is 0.724. The summed E-state index contributed by atoms with van der Waals surface area (Å²) in [6.07, 6.45) is 2.12. The molecule has 0 fully saturated rings. The largest absolute Gasteiger partial charge is 0.478 e. The fourth-order valence-corrected chi connectivity index (χ4v) is 1.18. The molecule has 0 aliphatic carbocycles. The van der Waals surface area contributed by atoms with E-state index in [0.717, 1.165) is 12.2 Å². The number of carboxylic acid groups (broad SMARTS) is 1. The Morgan fingerprint density at radius 2 is 2.00 bits per heavy atom. The molecule has 0 aromatic heterocycles. The highest BCUT2D eigenvalue weighted by molar-refractivity contribution is 6.17. The average Bonchev–Trinajstić information content (AvgIpc) is 1.99. The van der Waals surface area contributed by atoms with Gasteiger partial charge in [0.2, 0.25) is 0 Å². The van der Waals surface area contributed by atoms with Crippen molar-refractivity contribution in [2.75, 3.05) is 5.88 Å². The Balaban J connectivity index is 4.11. The summed E-state index contributed by atoms with van der Waals surface area (Å²) in [5, 5.41) is 8.25. The van der Waals surface area contributed by atoms with Crippen LogP contribution < -0.4 is 0 Å². The maximum Gasteiger partial charge on any atom is 0.331 e. The summed E-state index contributed by atoms with van der Waals surface area (Å²) in [4.78, 5) is 21.1. The quantitative estimate of drug-likeness (QED) is 0.434. The molecule has 0 saturated heterocycles. The summed E-state index contributed by atoms with van der Waals surface area (Å²) >= 11 is 5.49. The van der Waals surface area contributed by atoms with Gasteiger partial charge in [-0.2, -0.15) is 0 Å². The number of carboxylic acids is 1. The summed E-state index contributed by atoms with van der Waals surface area (Å²) in [7, 11) is 0. The molecule has 0 rings (SSSR count). The molecule has 0 atom stereocenters. The second-order valence-electron chi connectivity index (χ2n) is 3.29. The molecule has 80 valence electrons. The Morgan fingerprint density at radius 3 is 2.43 bits per heavy atom. The highest BCUT2D eigenvalue weighted by Crippen LogP contribution is 2.15. The Kier molecular flexibility index (Phi) is 5.23. The van der Waals surface area contributed by atoms with Crippen LogP contribution in [0.25, 0.3) is 0 Å². The normalized spacial score (nSPS) is 11.6. The molecule has 0 radical (unpaired) electrons. The third-order valence-electron chi connectivity index (χ3n) is 1.44. The minimum absolute atomic E-state index is 0.378. The Morgan fingerprint density at radius 1 is 1.43 bits per heavy atom. The number of ether oxygens (including phenoxy) is 1. The van der Waals surface area contributed by atoms with Crippen LogP contribution >= 0.6 is 11.6 Å². The van der Waals surface area contributed by atoms with Gasteiger partial charge in [0.15, 0.2) is 0 Å². The summed E-state index contributed by atoms with van der Waals surface area (Å²) in [5.41, 5.74) is -0.665. The van der Waals surface area contributed by atoms with Gasteiger partial charge in [-0.05, 0) is 13.8 Å². The van der Waals surface area contributed by atoms with E-state index in [4.69, 9.17) is 21.4 Å². The predicted molar refractivity (Wildman–Crippen MR) is 52.3 cm³/mol. The molecule has 5 heteroatoms. The van der Waals surface area contributed by atoms with Gasteiger partial charge in [-0.25, -0.2) is 9.59 Å². The van der Waals surface area contributed by atoms with Crippen LogP contribution in [0.4, 0.5) is 0 Å². The van der Waals surface area contributed by atoms with E-state index in [1.54, 1.807) is 13.8 Å². The summed E-state index contributed by atoms with van der Waals surface area (Å²) in [5.74, 6) is -1.48. The standard InChI is InChI=1S/C9H13ClO4/c1-9(2,5-6-10)14-8(13)4-3-7(11)12/h3-4H,5-6H2,1-2H3,(H,11,12)/b4-3+. The maximum absolute atomic E-state index is 11.0. The molecule has 0 aromatic carbocycles. The molecule has 0 heterocycles. The number of halogens is 1. The Hall–Kier alpha value is -1.03. The first-order valence-corrected chi connectivity index (χ1v) is 4.61. The number of alkyl halides is 1.